The average Bonchev–Trinajstić information content (AvgIpc) is 2.48. The fourth-order valence-electron chi connectivity index (χ4n) is 2.65. The summed E-state index contributed by atoms with van der Waals surface area (Å²) in [6.07, 6.45) is 9.82. The smallest absolute Gasteiger partial charge is 0.0439 e. The normalized spacial score (nSPS) is 12.5. The second-order valence-corrected chi connectivity index (χ2v) is 5.40. The molecule has 2 aromatic rings. The lowest BCUT2D eigenvalue weighted by atomic mass is 10.0. The van der Waals surface area contributed by atoms with Crippen LogP contribution in [0.5, 0.6) is 0 Å². The molecular formula is C17H25N3. The van der Waals surface area contributed by atoms with E-state index in [1.165, 1.54) is 32.1 Å². The zero-order valence-electron chi connectivity index (χ0n) is 12.5. The maximum atomic E-state index is 6.04. The van der Waals surface area contributed by atoms with Crippen LogP contribution < -0.4 is 11.1 Å². The van der Waals surface area contributed by atoms with Crippen molar-refractivity contribution in [2.24, 2.45) is 0 Å². The van der Waals surface area contributed by atoms with Crippen LogP contribution in [0.15, 0.2) is 30.6 Å². The Hall–Kier alpha value is -1.77. The second-order valence-electron chi connectivity index (χ2n) is 5.40. The van der Waals surface area contributed by atoms with Gasteiger partial charge in [-0.2, -0.15) is 0 Å². The average molecular weight is 271 g/mol. The largest absolute Gasteiger partial charge is 0.398 e. The Bertz CT molecular complexity index is 551. The standard InChI is InChI=1S/C17H25N3/c1-3-5-7-13(6-4-2)20-17-9-8-16(18)14-10-11-19-12-15(14)17/h8-13,20H,3-7,18H2,1-2H3. The van der Waals surface area contributed by atoms with Crippen molar-refractivity contribution in [1.29, 1.82) is 0 Å². The predicted molar refractivity (Wildman–Crippen MR) is 88.0 cm³/mol. The van der Waals surface area contributed by atoms with Gasteiger partial charge in [0.15, 0.2) is 0 Å². The number of unbranched alkanes of at least 4 members (excludes halogenated alkanes) is 1. The number of fused-ring (bicyclic) bond motifs is 1. The summed E-state index contributed by atoms with van der Waals surface area (Å²) in [5.41, 5.74) is 8.00. The minimum atomic E-state index is 0.534. The summed E-state index contributed by atoms with van der Waals surface area (Å²) in [4.78, 5) is 4.23. The highest BCUT2D eigenvalue weighted by Gasteiger charge is 2.10. The molecule has 2 rings (SSSR count). The first-order valence-corrected chi connectivity index (χ1v) is 7.65. The number of aromatic nitrogens is 1. The van der Waals surface area contributed by atoms with Crippen LogP contribution in [0.4, 0.5) is 11.4 Å². The monoisotopic (exact) mass is 271 g/mol. The number of nitrogen functional groups attached to an aromatic ring is 1. The van der Waals surface area contributed by atoms with E-state index in [4.69, 9.17) is 5.73 Å². The molecular weight excluding hydrogens is 246 g/mol. The van der Waals surface area contributed by atoms with Crippen molar-refractivity contribution in [3.05, 3.63) is 30.6 Å². The van der Waals surface area contributed by atoms with Crippen LogP contribution in [-0.4, -0.2) is 11.0 Å². The molecule has 0 bridgehead atoms. The van der Waals surface area contributed by atoms with E-state index in [1.54, 1.807) is 6.20 Å². The zero-order valence-corrected chi connectivity index (χ0v) is 12.5. The number of nitrogens with two attached hydrogens (primary N) is 1. The Morgan fingerprint density at radius 3 is 2.70 bits per heavy atom. The van der Waals surface area contributed by atoms with Gasteiger partial charge in [0.1, 0.15) is 0 Å². The lowest BCUT2D eigenvalue weighted by Gasteiger charge is -2.20. The van der Waals surface area contributed by atoms with Gasteiger partial charge in [0.05, 0.1) is 0 Å². The number of hydrogen-bond acceptors (Lipinski definition) is 3. The first kappa shape index (κ1) is 14.6. The molecule has 0 aliphatic heterocycles. The Balaban J connectivity index is 2.25. The predicted octanol–water partition coefficient (Wildman–Crippen LogP) is 4.59. The molecule has 0 aliphatic rings. The van der Waals surface area contributed by atoms with Crippen molar-refractivity contribution in [3.63, 3.8) is 0 Å². The van der Waals surface area contributed by atoms with Gasteiger partial charge in [-0.3, -0.25) is 4.98 Å². The topological polar surface area (TPSA) is 50.9 Å². The van der Waals surface area contributed by atoms with E-state index in [0.717, 1.165) is 22.1 Å². The fraction of sp³-hybridized carbons (Fsp3) is 0.471. The summed E-state index contributed by atoms with van der Waals surface area (Å²) in [7, 11) is 0. The van der Waals surface area contributed by atoms with Crippen molar-refractivity contribution in [2.45, 2.75) is 52.0 Å². The quantitative estimate of drug-likeness (QED) is 0.724. The SMILES string of the molecule is CCCCC(CCC)Nc1ccc(N)c2ccncc12. The minimum Gasteiger partial charge on any atom is -0.398 e. The van der Waals surface area contributed by atoms with Gasteiger partial charge in [-0.25, -0.2) is 0 Å². The van der Waals surface area contributed by atoms with Crippen LogP contribution >= 0.6 is 0 Å². The highest BCUT2D eigenvalue weighted by Crippen LogP contribution is 2.28. The molecule has 0 radical (unpaired) electrons. The Labute approximate surface area is 121 Å². The molecule has 1 heterocycles. The molecule has 3 N–H and O–H groups in total. The third-order valence-corrected chi connectivity index (χ3v) is 3.75. The van der Waals surface area contributed by atoms with E-state index in [1.807, 2.05) is 18.3 Å². The number of rotatable bonds is 7. The number of anilines is 2. The van der Waals surface area contributed by atoms with E-state index < -0.39 is 0 Å². The van der Waals surface area contributed by atoms with Gasteiger partial charge >= 0.3 is 0 Å². The molecule has 0 aliphatic carbocycles. The van der Waals surface area contributed by atoms with Gasteiger partial charge in [-0.05, 0) is 31.0 Å². The third kappa shape index (κ3) is 3.41. The lowest BCUT2D eigenvalue weighted by molar-refractivity contribution is 0.565. The molecule has 1 unspecified atom stereocenters. The van der Waals surface area contributed by atoms with Crippen LogP contribution in [0.1, 0.15) is 46.0 Å². The van der Waals surface area contributed by atoms with Gasteiger partial charge in [0.2, 0.25) is 0 Å². The van der Waals surface area contributed by atoms with Gasteiger partial charge in [0, 0.05) is 40.6 Å². The van der Waals surface area contributed by atoms with Crippen molar-refractivity contribution >= 4 is 22.1 Å². The van der Waals surface area contributed by atoms with Crippen LogP contribution in [0.3, 0.4) is 0 Å². The molecule has 3 heteroatoms. The molecule has 108 valence electrons. The molecule has 0 amide bonds. The zero-order chi connectivity index (χ0) is 14.4. The number of benzene rings is 1. The molecule has 0 fully saturated rings. The molecule has 20 heavy (non-hydrogen) atoms. The van der Waals surface area contributed by atoms with Gasteiger partial charge < -0.3 is 11.1 Å². The second kappa shape index (κ2) is 7.13. The number of hydrogen-bond donors (Lipinski definition) is 2. The summed E-state index contributed by atoms with van der Waals surface area (Å²) in [6, 6.07) is 6.57. The maximum Gasteiger partial charge on any atom is 0.0439 e. The van der Waals surface area contributed by atoms with Gasteiger partial charge in [0.25, 0.3) is 0 Å². The first-order valence-electron chi connectivity index (χ1n) is 7.65. The highest BCUT2D eigenvalue weighted by molar-refractivity contribution is 6.00. The molecule has 1 aromatic heterocycles. The number of nitrogens with one attached hydrogen (secondary N) is 1. The van der Waals surface area contributed by atoms with E-state index in [-0.39, 0.29) is 0 Å². The maximum absolute atomic E-state index is 6.04. The van der Waals surface area contributed by atoms with Crippen molar-refractivity contribution in [2.75, 3.05) is 11.1 Å². The van der Waals surface area contributed by atoms with Gasteiger partial charge in [-0.15, -0.1) is 0 Å². The van der Waals surface area contributed by atoms with Crippen LogP contribution in [0.25, 0.3) is 10.8 Å². The van der Waals surface area contributed by atoms with Crippen molar-refractivity contribution in [1.82, 2.24) is 4.98 Å². The number of nitrogens with zero attached hydrogens (tertiary/aromatic N) is 1. The fourth-order valence-corrected chi connectivity index (χ4v) is 2.65. The van der Waals surface area contributed by atoms with E-state index in [9.17, 15) is 0 Å². The van der Waals surface area contributed by atoms with E-state index in [0.29, 0.717) is 6.04 Å². The molecule has 1 atom stereocenters. The van der Waals surface area contributed by atoms with E-state index in [2.05, 4.69) is 30.2 Å². The Morgan fingerprint density at radius 2 is 1.95 bits per heavy atom. The molecule has 1 aromatic carbocycles. The summed E-state index contributed by atoms with van der Waals surface area (Å²) in [5, 5.41) is 5.88. The summed E-state index contributed by atoms with van der Waals surface area (Å²) in [5.74, 6) is 0. The lowest BCUT2D eigenvalue weighted by Crippen LogP contribution is -2.19. The Morgan fingerprint density at radius 1 is 1.10 bits per heavy atom. The molecule has 3 nitrogen and oxygen atoms in total. The van der Waals surface area contributed by atoms with E-state index >= 15 is 0 Å². The van der Waals surface area contributed by atoms with Crippen LogP contribution in [0.2, 0.25) is 0 Å². The van der Waals surface area contributed by atoms with Crippen LogP contribution in [-0.2, 0) is 0 Å². The minimum absolute atomic E-state index is 0.534. The third-order valence-electron chi connectivity index (χ3n) is 3.75. The summed E-state index contributed by atoms with van der Waals surface area (Å²) >= 11 is 0. The number of pyridine rings is 1. The Kier molecular flexibility index (Phi) is 5.22. The summed E-state index contributed by atoms with van der Waals surface area (Å²) in [6.45, 7) is 4.48. The molecule has 0 saturated heterocycles. The van der Waals surface area contributed by atoms with Crippen molar-refractivity contribution in [3.8, 4) is 0 Å². The molecule has 0 spiro atoms. The van der Waals surface area contributed by atoms with Gasteiger partial charge in [-0.1, -0.05) is 33.1 Å². The van der Waals surface area contributed by atoms with Crippen molar-refractivity contribution < 1.29 is 0 Å². The van der Waals surface area contributed by atoms with Crippen LogP contribution in [0, 0.1) is 0 Å². The highest BCUT2D eigenvalue weighted by atomic mass is 14.9. The molecule has 0 saturated carbocycles. The first-order chi connectivity index (χ1) is 9.76. The summed E-state index contributed by atoms with van der Waals surface area (Å²) < 4.78 is 0.